The molecule has 2 aromatic carbocycles. The number of benzene rings is 2. The molecule has 5 rings (SSSR count). The maximum Gasteiger partial charge on any atom is 0.263 e. The number of hydrogen-bond acceptors (Lipinski definition) is 5. The van der Waals surface area contributed by atoms with Crippen LogP contribution in [0.15, 0.2) is 59.9 Å². The summed E-state index contributed by atoms with van der Waals surface area (Å²) in [6.07, 6.45) is 3.59. The van der Waals surface area contributed by atoms with Gasteiger partial charge in [-0.05, 0) is 48.2 Å². The predicted octanol–water partition coefficient (Wildman–Crippen LogP) is 5.67. The molecule has 10 heteroatoms. The van der Waals surface area contributed by atoms with Crippen LogP contribution in [0.1, 0.15) is 25.1 Å². The van der Waals surface area contributed by atoms with E-state index >= 15 is 0 Å². The fourth-order valence-corrected chi connectivity index (χ4v) is 4.17. The highest BCUT2D eigenvalue weighted by molar-refractivity contribution is 6.42. The molecule has 3 heterocycles. The molecule has 1 atom stereocenters. The van der Waals surface area contributed by atoms with Crippen molar-refractivity contribution in [1.29, 1.82) is 0 Å². The van der Waals surface area contributed by atoms with Crippen LogP contribution in [0.4, 0.5) is 10.2 Å². The van der Waals surface area contributed by atoms with Gasteiger partial charge in [-0.15, -0.1) is 0 Å². The van der Waals surface area contributed by atoms with E-state index in [2.05, 4.69) is 25.3 Å². The maximum atomic E-state index is 14.0. The first-order valence-corrected chi connectivity index (χ1v) is 10.9. The first-order valence-electron chi connectivity index (χ1n) is 10.2. The van der Waals surface area contributed by atoms with Crippen molar-refractivity contribution >= 4 is 51.0 Å². The third kappa shape index (κ3) is 3.81. The molecule has 0 fully saturated rings. The Morgan fingerprint density at radius 2 is 1.94 bits per heavy atom. The summed E-state index contributed by atoms with van der Waals surface area (Å²) in [7, 11) is 0. The van der Waals surface area contributed by atoms with Crippen molar-refractivity contribution in [2.75, 3.05) is 5.32 Å². The number of aromatic nitrogens is 5. The van der Waals surface area contributed by atoms with E-state index in [-0.39, 0.29) is 17.0 Å². The first-order chi connectivity index (χ1) is 16.0. The summed E-state index contributed by atoms with van der Waals surface area (Å²) in [4.78, 5) is 29.3. The van der Waals surface area contributed by atoms with Gasteiger partial charge < -0.3 is 10.3 Å². The van der Waals surface area contributed by atoms with Gasteiger partial charge in [0.05, 0.1) is 33.5 Å². The third-order valence-electron chi connectivity index (χ3n) is 5.47. The quantitative estimate of drug-likeness (QED) is 0.337. The lowest BCUT2D eigenvalue weighted by molar-refractivity contribution is 0.629. The summed E-state index contributed by atoms with van der Waals surface area (Å²) < 4.78 is 15.5. The minimum atomic E-state index is -0.485. The van der Waals surface area contributed by atoms with Crippen molar-refractivity contribution in [3.05, 3.63) is 87.0 Å². The summed E-state index contributed by atoms with van der Waals surface area (Å²) in [5.74, 6) is 0.0671. The highest BCUT2D eigenvalue weighted by atomic mass is 35.5. The van der Waals surface area contributed by atoms with Crippen molar-refractivity contribution in [2.24, 2.45) is 0 Å². The smallest absolute Gasteiger partial charge is 0.263 e. The molecule has 0 radical (unpaired) electrons. The lowest BCUT2D eigenvalue weighted by atomic mass is 10.0. The summed E-state index contributed by atoms with van der Waals surface area (Å²) in [6, 6.07) is 10.6. The second-order valence-electron chi connectivity index (χ2n) is 7.47. The van der Waals surface area contributed by atoms with Gasteiger partial charge in [-0.2, -0.15) is 0 Å². The van der Waals surface area contributed by atoms with Crippen molar-refractivity contribution in [2.45, 2.75) is 19.4 Å². The Kier molecular flexibility index (Phi) is 5.47. The molecule has 0 aliphatic carbocycles. The van der Waals surface area contributed by atoms with Gasteiger partial charge in [-0.25, -0.2) is 19.3 Å². The second kappa shape index (κ2) is 8.46. The molecule has 3 aromatic heterocycles. The van der Waals surface area contributed by atoms with E-state index in [4.69, 9.17) is 23.2 Å². The molecule has 0 aliphatic heterocycles. The molecular weight excluding hydrogens is 466 g/mol. The number of H-pyrrole nitrogens is 1. The fourth-order valence-electron chi connectivity index (χ4n) is 3.87. The SMILES string of the molecule is CC[C@@H](Nc1ncnc2nc[nH]c12)c1cc2ccc(F)cc2c(=O)n1-c1ccc(Cl)c(Cl)c1. The third-order valence-corrected chi connectivity index (χ3v) is 6.21. The molecule has 5 aromatic rings. The van der Waals surface area contributed by atoms with Crippen molar-refractivity contribution < 1.29 is 4.39 Å². The number of pyridine rings is 1. The van der Waals surface area contributed by atoms with E-state index in [0.717, 1.165) is 0 Å². The predicted molar refractivity (Wildman–Crippen MR) is 128 cm³/mol. The van der Waals surface area contributed by atoms with Crippen LogP contribution in [-0.4, -0.2) is 24.5 Å². The molecule has 7 nitrogen and oxygen atoms in total. The van der Waals surface area contributed by atoms with Crippen LogP contribution in [0.3, 0.4) is 0 Å². The average Bonchev–Trinajstić information content (AvgIpc) is 3.29. The Morgan fingerprint density at radius 1 is 1.09 bits per heavy atom. The summed E-state index contributed by atoms with van der Waals surface area (Å²) in [5.41, 5.74) is 1.99. The zero-order valence-corrected chi connectivity index (χ0v) is 18.8. The Hall–Kier alpha value is -3.49. The minimum absolute atomic E-state index is 0.262. The maximum absolute atomic E-state index is 14.0. The molecule has 0 saturated heterocycles. The minimum Gasteiger partial charge on any atom is -0.360 e. The normalized spacial score (nSPS) is 12.4. The van der Waals surface area contributed by atoms with Crippen molar-refractivity contribution in [3.63, 3.8) is 0 Å². The summed E-state index contributed by atoms with van der Waals surface area (Å²) >= 11 is 12.4. The number of rotatable bonds is 5. The van der Waals surface area contributed by atoms with Crippen molar-refractivity contribution in [1.82, 2.24) is 24.5 Å². The topological polar surface area (TPSA) is 88.5 Å². The molecule has 0 unspecified atom stereocenters. The monoisotopic (exact) mass is 482 g/mol. The number of imidazole rings is 1. The van der Waals surface area contributed by atoms with E-state index in [1.807, 2.05) is 13.0 Å². The zero-order chi connectivity index (χ0) is 23.1. The van der Waals surface area contributed by atoms with Crippen LogP contribution < -0.4 is 10.9 Å². The lowest BCUT2D eigenvalue weighted by Gasteiger charge is -2.23. The number of nitrogens with one attached hydrogen (secondary N) is 2. The van der Waals surface area contributed by atoms with Gasteiger partial charge in [0.1, 0.15) is 17.7 Å². The van der Waals surface area contributed by atoms with E-state index in [9.17, 15) is 9.18 Å². The average molecular weight is 483 g/mol. The Bertz CT molecular complexity index is 1560. The highest BCUT2D eigenvalue weighted by Gasteiger charge is 2.21. The van der Waals surface area contributed by atoms with E-state index in [1.54, 1.807) is 30.6 Å². The van der Waals surface area contributed by atoms with Crippen molar-refractivity contribution in [3.8, 4) is 5.69 Å². The molecular formula is C23H17Cl2FN6O. The van der Waals surface area contributed by atoms with Crippen LogP contribution in [0.2, 0.25) is 10.0 Å². The highest BCUT2D eigenvalue weighted by Crippen LogP contribution is 2.30. The van der Waals surface area contributed by atoms with Crippen LogP contribution in [0, 0.1) is 5.82 Å². The Labute approximate surface area is 197 Å². The molecule has 0 spiro atoms. The zero-order valence-electron chi connectivity index (χ0n) is 17.3. The van der Waals surface area contributed by atoms with Gasteiger partial charge in [-0.1, -0.05) is 36.2 Å². The first kappa shape index (κ1) is 21.4. The molecule has 0 amide bonds. The number of aromatic amines is 1. The number of hydrogen-bond donors (Lipinski definition) is 2. The van der Waals surface area contributed by atoms with Gasteiger partial charge in [-0.3, -0.25) is 9.36 Å². The summed E-state index contributed by atoms with van der Waals surface area (Å²) in [6.45, 7) is 1.99. The van der Waals surface area contributed by atoms with Gasteiger partial charge in [0.25, 0.3) is 5.56 Å². The number of fused-ring (bicyclic) bond motifs is 2. The van der Waals surface area contributed by atoms with Crippen LogP contribution in [-0.2, 0) is 0 Å². The van der Waals surface area contributed by atoms with Gasteiger partial charge >= 0.3 is 0 Å². The molecule has 0 saturated carbocycles. The number of nitrogens with zero attached hydrogens (tertiary/aromatic N) is 4. The number of halogens is 3. The standard InChI is InChI=1S/C23H17Cl2FN6O/c1-2-18(31-22-20-21(28-10-27-20)29-11-30-22)19-7-12-3-4-13(26)8-15(12)23(33)32(19)14-5-6-16(24)17(25)9-14/h3-11,18H,2H2,1H3,(H2,27,28,29,30,31)/t18-/m1/s1. The van der Waals surface area contributed by atoms with E-state index < -0.39 is 5.82 Å². The van der Waals surface area contributed by atoms with Gasteiger partial charge in [0.15, 0.2) is 11.5 Å². The largest absolute Gasteiger partial charge is 0.360 e. The van der Waals surface area contributed by atoms with E-state index in [0.29, 0.717) is 50.2 Å². The van der Waals surface area contributed by atoms with Crippen LogP contribution in [0.5, 0.6) is 0 Å². The van der Waals surface area contributed by atoms with Gasteiger partial charge in [0, 0.05) is 5.69 Å². The Morgan fingerprint density at radius 3 is 2.73 bits per heavy atom. The Balaban J connectivity index is 1.74. The fraction of sp³-hybridized carbons (Fsp3) is 0.130. The second-order valence-corrected chi connectivity index (χ2v) is 8.28. The molecule has 0 bridgehead atoms. The molecule has 166 valence electrons. The molecule has 33 heavy (non-hydrogen) atoms. The van der Waals surface area contributed by atoms with Crippen LogP contribution in [0.25, 0.3) is 27.6 Å². The molecule has 0 aliphatic rings. The summed E-state index contributed by atoms with van der Waals surface area (Å²) in [5, 5.41) is 4.96. The van der Waals surface area contributed by atoms with E-state index in [1.165, 1.54) is 23.0 Å². The van der Waals surface area contributed by atoms with Gasteiger partial charge in [0.2, 0.25) is 0 Å². The number of anilines is 1. The molecule has 2 N–H and O–H groups in total. The lowest BCUT2D eigenvalue weighted by Crippen LogP contribution is -2.26. The van der Waals surface area contributed by atoms with Crippen LogP contribution >= 0.6 is 23.2 Å².